The molecule has 2 fully saturated rings. The third-order valence-electron chi connectivity index (χ3n) is 4.79. The minimum atomic E-state index is -0.142. The molecule has 0 bridgehead atoms. The van der Waals surface area contributed by atoms with E-state index >= 15 is 0 Å². The van der Waals surface area contributed by atoms with Crippen LogP contribution in [0.25, 0.3) is 0 Å². The van der Waals surface area contributed by atoms with E-state index < -0.39 is 0 Å². The first kappa shape index (κ1) is 11.4. The van der Waals surface area contributed by atoms with Crippen LogP contribution in [0.4, 0.5) is 0 Å². The summed E-state index contributed by atoms with van der Waals surface area (Å²) in [7, 11) is 0. The second-order valence-electron chi connectivity index (χ2n) is 6.28. The van der Waals surface area contributed by atoms with Gasteiger partial charge in [0.15, 0.2) is 0 Å². The lowest BCUT2D eigenvalue weighted by molar-refractivity contribution is 0.193. The van der Waals surface area contributed by atoms with E-state index in [1.165, 1.54) is 0 Å². The van der Waals surface area contributed by atoms with Crippen LogP contribution >= 0.6 is 0 Å². The maximum atomic E-state index is 9.40. The number of hydrogen-bond donors (Lipinski definition) is 3. The molecule has 2 rings (SSSR count). The number of aliphatic hydroxyl groups excluding tert-OH is 1. The maximum Gasteiger partial charge on any atom is 0.0680 e. The molecule has 0 aromatic carbocycles. The Hall–Kier alpha value is -0.120. The van der Waals surface area contributed by atoms with Gasteiger partial charge in [-0.2, -0.15) is 0 Å². The van der Waals surface area contributed by atoms with E-state index in [-0.39, 0.29) is 6.10 Å². The van der Waals surface area contributed by atoms with Crippen LogP contribution in [-0.2, 0) is 0 Å². The van der Waals surface area contributed by atoms with Gasteiger partial charge in [0.25, 0.3) is 0 Å². The fourth-order valence-electron chi connectivity index (χ4n) is 2.92. The van der Waals surface area contributed by atoms with Crippen LogP contribution in [0.15, 0.2) is 0 Å². The summed E-state index contributed by atoms with van der Waals surface area (Å²) in [5, 5.41) is 16.4. The number of β-amino-alcohol motifs (C(OH)–C–C–N with tert-alkyl or cyclic N) is 1. The average Bonchev–Trinajstić information content (AvgIpc) is 2.50. The second-order valence-corrected chi connectivity index (χ2v) is 6.28. The summed E-state index contributed by atoms with van der Waals surface area (Å²) in [6, 6.07) is 1.07. The molecular formula is C12H24N2O. The third kappa shape index (κ3) is 1.81. The fourth-order valence-corrected chi connectivity index (χ4v) is 2.92. The van der Waals surface area contributed by atoms with E-state index in [0.717, 1.165) is 19.5 Å². The monoisotopic (exact) mass is 212 g/mol. The summed E-state index contributed by atoms with van der Waals surface area (Å²) in [6.45, 7) is 11.0. The first-order valence-electron chi connectivity index (χ1n) is 6.00. The number of hydrogen-bond acceptors (Lipinski definition) is 3. The molecule has 88 valence electrons. The molecular weight excluding hydrogens is 188 g/mol. The molecule has 3 nitrogen and oxygen atoms in total. The van der Waals surface area contributed by atoms with Crippen molar-refractivity contribution in [3.05, 3.63) is 0 Å². The zero-order valence-corrected chi connectivity index (χ0v) is 10.3. The quantitative estimate of drug-likeness (QED) is 0.646. The van der Waals surface area contributed by atoms with Crippen LogP contribution in [-0.4, -0.2) is 36.4 Å². The molecule has 0 radical (unpaired) electrons. The Balaban J connectivity index is 1.76. The van der Waals surface area contributed by atoms with Gasteiger partial charge in [-0.3, -0.25) is 0 Å². The Kier molecular flexibility index (Phi) is 2.61. The van der Waals surface area contributed by atoms with Gasteiger partial charge in [-0.1, -0.05) is 27.7 Å². The topological polar surface area (TPSA) is 44.3 Å². The van der Waals surface area contributed by atoms with Gasteiger partial charge in [0.05, 0.1) is 6.10 Å². The molecule has 2 unspecified atom stereocenters. The molecule has 1 heterocycles. The second kappa shape index (κ2) is 3.44. The normalized spacial score (nSPS) is 38.2. The molecule has 2 aliphatic rings. The Morgan fingerprint density at radius 3 is 2.27 bits per heavy atom. The van der Waals surface area contributed by atoms with Crippen molar-refractivity contribution in [3.8, 4) is 0 Å². The van der Waals surface area contributed by atoms with Crippen molar-refractivity contribution in [1.29, 1.82) is 0 Å². The van der Waals surface area contributed by atoms with Crippen molar-refractivity contribution in [1.82, 2.24) is 10.6 Å². The van der Waals surface area contributed by atoms with E-state index in [2.05, 4.69) is 38.3 Å². The molecule has 0 amide bonds. The summed E-state index contributed by atoms with van der Waals surface area (Å²) >= 11 is 0. The lowest BCUT2D eigenvalue weighted by Gasteiger charge is -2.12. The molecule has 0 spiro atoms. The molecule has 1 aliphatic heterocycles. The number of nitrogens with one attached hydrogen (secondary N) is 2. The van der Waals surface area contributed by atoms with Crippen molar-refractivity contribution < 1.29 is 5.11 Å². The Labute approximate surface area is 92.6 Å². The summed E-state index contributed by atoms with van der Waals surface area (Å²) in [4.78, 5) is 0. The number of aliphatic hydroxyl groups is 1. The predicted molar refractivity (Wildman–Crippen MR) is 61.8 cm³/mol. The van der Waals surface area contributed by atoms with Crippen molar-refractivity contribution in [2.24, 2.45) is 10.8 Å². The van der Waals surface area contributed by atoms with E-state index in [1.54, 1.807) is 0 Å². The van der Waals surface area contributed by atoms with Crippen LogP contribution in [0.2, 0.25) is 0 Å². The summed E-state index contributed by atoms with van der Waals surface area (Å²) < 4.78 is 0. The first-order valence-corrected chi connectivity index (χ1v) is 6.00. The third-order valence-corrected chi connectivity index (χ3v) is 4.79. The molecule has 2 atom stereocenters. The Bertz CT molecular complexity index is 236. The average molecular weight is 212 g/mol. The van der Waals surface area contributed by atoms with Crippen molar-refractivity contribution in [2.45, 2.75) is 52.3 Å². The summed E-state index contributed by atoms with van der Waals surface area (Å²) in [6.07, 6.45) is 0.748. The molecule has 0 aromatic rings. The van der Waals surface area contributed by atoms with E-state index in [0.29, 0.717) is 22.9 Å². The summed E-state index contributed by atoms with van der Waals surface area (Å²) in [5.74, 6) is 0. The van der Waals surface area contributed by atoms with Gasteiger partial charge in [-0.05, 0) is 17.3 Å². The van der Waals surface area contributed by atoms with E-state index in [9.17, 15) is 5.11 Å². The van der Waals surface area contributed by atoms with Gasteiger partial charge in [-0.15, -0.1) is 0 Å². The highest BCUT2D eigenvalue weighted by atomic mass is 16.3. The molecule has 0 aromatic heterocycles. The van der Waals surface area contributed by atoms with E-state index in [1.807, 2.05) is 0 Å². The van der Waals surface area contributed by atoms with Crippen molar-refractivity contribution in [2.75, 3.05) is 13.1 Å². The molecule has 3 N–H and O–H groups in total. The lowest BCUT2D eigenvalue weighted by atomic mass is 10.0. The first-order chi connectivity index (χ1) is 6.85. The van der Waals surface area contributed by atoms with Gasteiger partial charge >= 0.3 is 0 Å². The standard InChI is InChI=1S/C12H24N2O/c1-11(2)10(12(11,3)4)14-6-8-5-9(15)7-13-8/h8-10,13-15H,5-7H2,1-4H3. The highest BCUT2D eigenvalue weighted by Crippen LogP contribution is 2.62. The van der Waals surface area contributed by atoms with Gasteiger partial charge in [0.2, 0.25) is 0 Å². The van der Waals surface area contributed by atoms with Gasteiger partial charge < -0.3 is 15.7 Å². The molecule has 1 aliphatic carbocycles. The minimum Gasteiger partial charge on any atom is -0.392 e. The lowest BCUT2D eigenvalue weighted by Crippen LogP contribution is -2.36. The fraction of sp³-hybridized carbons (Fsp3) is 1.00. The minimum absolute atomic E-state index is 0.142. The largest absolute Gasteiger partial charge is 0.392 e. The molecule has 1 saturated carbocycles. The zero-order chi connectivity index (χ0) is 11.3. The van der Waals surface area contributed by atoms with Crippen molar-refractivity contribution in [3.63, 3.8) is 0 Å². The van der Waals surface area contributed by atoms with Crippen molar-refractivity contribution >= 4 is 0 Å². The van der Waals surface area contributed by atoms with Crippen LogP contribution in [0.3, 0.4) is 0 Å². The molecule has 15 heavy (non-hydrogen) atoms. The van der Waals surface area contributed by atoms with Crippen LogP contribution < -0.4 is 10.6 Å². The molecule has 3 heteroatoms. The number of rotatable bonds is 3. The summed E-state index contributed by atoms with van der Waals surface area (Å²) in [5.41, 5.74) is 0.814. The Morgan fingerprint density at radius 2 is 1.87 bits per heavy atom. The highest BCUT2D eigenvalue weighted by Gasteiger charge is 2.64. The zero-order valence-electron chi connectivity index (χ0n) is 10.3. The highest BCUT2D eigenvalue weighted by molar-refractivity contribution is 5.17. The molecule has 1 saturated heterocycles. The van der Waals surface area contributed by atoms with Gasteiger partial charge in [-0.25, -0.2) is 0 Å². The Morgan fingerprint density at radius 1 is 1.27 bits per heavy atom. The smallest absolute Gasteiger partial charge is 0.0680 e. The van der Waals surface area contributed by atoms with Gasteiger partial charge in [0, 0.05) is 25.2 Å². The van der Waals surface area contributed by atoms with Gasteiger partial charge in [0.1, 0.15) is 0 Å². The maximum absolute atomic E-state index is 9.40. The van der Waals surface area contributed by atoms with E-state index in [4.69, 9.17) is 0 Å². The predicted octanol–water partition coefficient (Wildman–Crippen LogP) is 0.733. The SMILES string of the molecule is CC1(C)C(NCC2CC(O)CN2)C1(C)C. The van der Waals surface area contributed by atoms with Crippen LogP contribution in [0.5, 0.6) is 0 Å². The van der Waals surface area contributed by atoms with Crippen LogP contribution in [0.1, 0.15) is 34.1 Å². The van der Waals surface area contributed by atoms with Crippen LogP contribution in [0, 0.1) is 10.8 Å².